The number of carbonyl (C=O) groups is 1. The fraction of sp³-hybridized carbons (Fsp3) is 0.278. The molecule has 0 amide bonds. The predicted octanol–water partition coefficient (Wildman–Crippen LogP) is 3.74. The number of nitrogens with zero attached hydrogens (tertiary/aromatic N) is 1. The van der Waals surface area contributed by atoms with Crippen LogP contribution in [0.5, 0.6) is 5.75 Å². The zero-order valence-corrected chi connectivity index (χ0v) is 15.8. The standard InChI is InChI=1S/C18H20ClNO4S/c1-4-24-17-8-6-5-7-16(17)20(14(3)18(19)21)25(22,23)15-11-9-13(2)10-12-15/h5-12,14H,4H2,1-3H3. The number of sulfonamides is 1. The maximum Gasteiger partial charge on any atom is 0.265 e. The molecule has 0 bridgehead atoms. The van der Waals surface area contributed by atoms with Crippen LogP contribution in [0.3, 0.4) is 0 Å². The molecule has 5 nitrogen and oxygen atoms in total. The van der Waals surface area contributed by atoms with E-state index in [1.54, 1.807) is 43.3 Å². The number of ether oxygens (including phenoxy) is 1. The number of aryl methyl sites for hydroxylation is 1. The summed E-state index contributed by atoms with van der Waals surface area (Å²) in [6.07, 6.45) is 0. The Labute approximate surface area is 153 Å². The van der Waals surface area contributed by atoms with E-state index in [9.17, 15) is 13.2 Å². The van der Waals surface area contributed by atoms with Gasteiger partial charge in [-0.15, -0.1) is 0 Å². The van der Waals surface area contributed by atoms with Crippen molar-refractivity contribution in [2.75, 3.05) is 10.9 Å². The minimum absolute atomic E-state index is 0.0779. The minimum Gasteiger partial charge on any atom is -0.492 e. The molecule has 0 radical (unpaired) electrons. The van der Waals surface area contributed by atoms with Gasteiger partial charge in [-0.3, -0.25) is 9.10 Å². The molecule has 0 aliphatic carbocycles. The molecular weight excluding hydrogens is 362 g/mol. The van der Waals surface area contributed by atoms with Crippen LogP contribution >= 0.6 is 11.6 Å². The van der Waals surface area contributed by atoms with Crippen molar-refractivity contribution in [2.45, 2.75) is 31.7 Å². The molecule has 134 valence electrons. The Balaban J connectivity index is 2.65. The van der Waals surface area contributed by atoms with E-state index in [1.165, 1.54) is 19.1 Å². The van der Waals surface area contributed by atoms with Gasteiger partial charge >= 0.3 is 0 Å². The van der Waals surface area contributed by atoms with Crippen LogP contribution in [0.2, 0.25) is 0 Å². The van der Waals surface area contributed by atoms with E-state index in [0.717, 1.165) is 9.87 Å². The summed E-state index contributed by atoms with van der Waals surface area (Å²) in [5.74, 6) is 0.366. The van der Waals surface area contributed by atoms with Crippen molar-refractivity contribution in [3.8, 4) is 5.75 Å². The van der Waals surface area contributed by atoms with Crippen LogP contribution in [0.15, 0.2) is 53.4 Å². The Kier molecular flexibility index (Phi) is 6.08. The largest absolute Gasteiger partial charge is 0.492 e. The first-order chi connectivity index (χ1) is 11.8. The molecular formula is C18H20ClNO4S. The summed E-state index contributed by atoms with van der Waals surface area (Å²) in [6, 6.07) is 12.0. The van der Waals surface area contributed by atoms with Crippen LogP contribution in [-0.2, 0) is 14.8 Å². The monoisotopic (exact) mass is 381 g/mol. The zero-order chi connectivity index (χ0) is 18.6. The van der Waals surface area contributed by atoms with E-state index in [-0.39, 0.29) is 10.6 Å². The van der Waals surface area contributed by atoms with Crippen molar-refractivity contribution in [2.24, 2.45) is 0 Å². The van der Waals surface area contributed by atoms with Crippen LogP contribution in [0.1, 0.15) is 19.4 Å². The number of carbonyl (C=O) groups excluding carboxylic acids is 1. The van der Waals surface area contributed by atoms with E-state index >= 15 is 0 Å². The van der Waals surface area contributed by atoms with Gasteiger partial charge in [0.25, 0.3) is 10.0 Å². The maximum absolute atomic E-state index is 13.2. The van der Waals surface area contributed by atoms with Crippen molar-refractivity contribution in [1.29, 1.82) is 0 Å². The third-order valence-electron chi connectivity index (χ3n) is 3.66. The fourth-order valence-corrected chi connectivity index (χ4v) is 4.16. The van der Waals surface area contributed by atoms with E-state index in [0.29, 0.717) is 12.4 Å². The summed E-state index contributed by atoms with van der Waals surface area (Å²) in [6.45, 7) is 5.47. The molecule has 0 heterocycles. The summed E-state index contributed by atoms with van der Waals surface area (Å²) in [4.78, 5) is 11.9. The van der Waals surface area contributed by atoms with Gasteiger partial charge in [-0.1, -0.05) is 29.8 Å². The number of rotatable bonds is 7. The second-order valence-electron chi connectivity index (χ2n) is 5.49. The molecule has 0 saturated heterocycles. The zero-order valence-electron chi connectivity index (χ0n) is 14.3. The van der Waals surface area contributed by atoms with Gasteiger partial charge in [-0.05, 0) is 56.6 Å². The molecule has 0 aromatic heterocycles. The first-order valence-electron chi connectivity index (χ1n) is 7.81. The molecule has 7 heteroatoms. The summed E-state index contributed by atoms with van der Waals surface area (Å²) >= 11 is 5.64. The molecule has 0 N–H and O–H groups in total. The Bertz CT molecular complexity index is 850. The van der Waals surface area contributed by atoms with E-state index in [4.69, 9.17) is 16.3 Å². The number of hydrogen-bond acceptors (Lipinski definition) is 4. The van der Waals surface area contributed by atoms with Gasteiger partial charge < -0.3 is 4.74 Å². The van der Waals surface area contributed by atoms with Gasteiger partial charge in [0, 0.05) is 0 Å². The quantitative estimate of drug-likeness (QED) is 0.685. The van der Waals surface area contributed by atoms with Crippen LogP contribution in [0.25, 0.3) is 0 Å². The Morgan fingerprint density at radius 1 is 1.16 bits per heavy atom. The molecule has 0 saturated carbocycles. The van der Waals surface area contributed by atoms with E-state index in [1.807, 2.05) is 6.92 Å². The molecule has 1 unspecified atom stereocenters. The lowest BCUT2D eigenvalue weighted by atomic mass is 10.2. The van der Waals surface area contributed by atoms with Gasteiger partial charge in [0.1, 0.15) is 11.8 Å². The first kappa shape index (κ1) is 19.3. The molecule has 0 fully saturated rings. The van der Waals surface area contributed by atoms with Gasteiger partial charge in [-0.2, -0.15) is 0 Å². The minimum atomic E-state index is -4.01. The predicted molar refractivity (Wildman–Crippen MR) is 98.8 cm³/mol. The number of para-hydroxylation sites is 2. The summed E-state index contributed by atoms with van der Waals surface area (Å²) in [5, 5.41) is -0.776. The lowest BCUT2D eigenvalue weighted by Crippen LogP contribution is -2.42. The van der Waals surface area contributed by atoms with Gasteiger partial charge in [0.05, 0.1) is 17.2 Å². The Morgan fingerprint density at radius 2 is 1.76 bits per heavy atom. The molecule has 2 aromatic carbocycles. The normalized spacial score (nSPS) is 12.5. The molecule has 1 atom stereocenters. The van der Waals surface area contributed by atoms with Gasteiger partial charge in [-0.25, -0.2) is 8.42 Å². The van der Waals surface area contributed by atoms with Crippen molar-refractivity contribution in [3.63, 3.8) is 0 Å². The summed E-state index contributed by atoms with van der Waals surface area (Å²) in [5.41, 5.74) is 1.20. The third-order valence-corrected chi connectivity index (χ3v) is 5.88. The second-order valence-corrected chi connectivity index (χ2v) is 7.68. The molecule has 0 aliphatic rings. The number of anilines is 1. The lowest BCUT2D eigenvalue weighted by molar-refractivity contribution is -0.112. The Morgan fingerprint density at radius 3 is 2.32 bits per heavy atom. The molecule has 0 spiro atoms. The van der Waals surface area contributed by atoms with Crippen LogP contribution in [0.4, 0.5) is 5.69 Å². The fourth-order valence-electron chi connectivity index (χ4n) is 2.38. The highest BCUT2D eigenvalue weighted by molar-refractivity contribution is 7.93. The highest BCUT2D eigenvalue weighted by atomic mass is 35.5. The maximum atomic E-state index is 13.2. The molecule has 2 rings (SSSR count). The van der Waals surface area contributed by atoms with Crippen LogP contribution < -0.4 is 9.04 Å². The van der Waals surface area contributed by atoms with Crippen molar-refractivity contribution in [3.05, 3.63) is 54.1 Å². The third kappa shape index (κ3) is 4.14. The SMILES string of the molecule is CCOc1ccccc1N(C(C)C(=O)Cl)S(=O)(=O)c1ccc(C)cc1. The Hall–Kier alpha value is -2.05. The van der Waals surface area contributed by atoms with Crippen molar-refractivity contribution >= 4 is 32.6 Å². The average molecular weight is 382 g/mol. The first-order valence-corrected chi connectivity index (χ1v) is 9.63. The van der Waals surface area contributed by atoms with Gasteiger partial charge in [0.2, 0.25) is 5.24 Å². The summed E-state index contributed by atoms with van der Waals surface area (Å²) < 4.78 is 33.0. The van der Waals surface area contributed by atoms with Crippen LogP contribution in [-0.4, -0.2) is 26.3 Å². The van der Waals surface area contributed by atoms with Gasteiger partial charge in [0.15, 0.2) is 0 Å². The molecule has 0 aliphatic heterocycles. The highest BCUT2D eigenvalue weighted by Gasteiger charge is 2.34. The van der Waals surface area contributed by atoms with Crippen molar-refractivity contribution in [1.82, 2.24) is 0 Å². The topological polar surface area (TPSA) is 63.7 Å². The molecule has 25 heavy (non-hydrogen) atoms. The highest BCUT2D eigenvalue weighted by Crippen LogP contribution is 2.34. The average Bonchev–Trinajstić information content (AvgIpc) is 2.57. The summed E-state index contributed by atoms with van der Waals surface area (Å²) in [7, 11) is -4.01. The molecule has 2 aromatic rings. The van der Waals surface area contributed by atoms with Crippen LogP contribution in [0, 0.1) is 6.92 Å². The van der Waals surface area contributed by atoms with E-state index in [2.05, 4.69) is 0 Å². The smallest absolute Gasteiger partial charge is 0.265 e. The number of hydrogen-bond donors (Lipinski definition) is 0. The van der Waals surface area contributed by atoms with E-state index < -0.39 is 21.3 Å². The number of benzene rings is 2. The second kappa shape index (κ2) is 7.89. The number of halogens is 1. The lowest BCUT2D eigenvalue weighted by Gasteiger charge is -2.29. The van der Waals surface area contributed by atoms with Crippen molar-refractivity contribution < 1.29 is 17.9 Å².